The van der Waals surface area contributed by atoms with Crippen LogP contribution in [0, 0.1) is 19.8 Å². The number of piperidine rings is 1. The van der Waals surface area contributed by atoms with E-state index in [-0.39, 0.29) is 17.9 Å². The first kappa shape index (κ1) is 19.9. The fourth-order valence-electron chi connectivity index (χ4n) is 4.56. The molecule has 2 aromatic rings. The van der Waals surface area contributed by atoms with Crippen LogP contribution in [0.3, 0.4) is 0 Å². The van der Waals surface area contributed by atoms with Crippen LogP contribution in [-0.4, -0.2) is 46.1 Å². The van der Waals surface area contributed by atoms with E-state index in [9.17, 15) is 13.6 Å². The van der Waals surface area contributed by atoms with Gasteiger partial charge in [0, 0.05) is 25.2 Å². The number of aryl methyl sites for hydroxylation is 2. The number of fused-ring (bicyclic) bond motifs is 1. The van der Waals surface area contributed by atoms with Gasteiger partial charge in [-0.15, -0.1) is 0 Å². The van der Waals surface area contributed by atoms with Crippen molar-refractivity contribution in [2.75, 3.05) is 18.4 Å². The number of benzene rings is 1. The molecular weight excluding hydrogens is 374 g/mol. The molecule has 156 valence electrons. The maximum Gasteiger partial charge on any atom is 0.260 e. The first-order valence-corrected chi connectivity index (χ1v) is 10.3. The van der Waals surface area contributed by atoms with E-state index < -0.39 is 12.5 Å². The van der Waals surface area contributed by atoms with Crippen LogP contribution < -0.4 is 5.32 Å². The number of nitrogens with one attached hydrogen (secondary N) is 1. The van der Waals surface area contributed by atoms with Crippen molar-refractivity contribution in [1.29, 1.82) is 0 Å². The van der Waals surface area contributed by atoms with Crippen LogP contribution in [-0.2, 0) is 11.2 Å². The van der Waals surface area contributed by atoms with E-state index in [1.807, 2.05) is 49.1 Å². The standard InChI is InChI=1S/C22H28F2N4O/c1-14-5-7-16(8-6-14)11-21(29)27-9-3-4-17(13-27)18-12-19(22(23)24)28-20(25-18)10-15(2)26-28/h5-8,10,17-19,22,25H,3-4,9,11-13H2,1-2H3/t17-,18+,19-/m1/s1. The molecule has 4 rings (SSSR count). The van der Waals surface area contributed by atoms with Crippen LogP contribution in [0.25, 0.3) is 0 Å². The lowest BCUT2D eigenvalue weighted by Crippen LogP contribution is -2.48. The van der Waals surface area contributed by atoms with Crippen molar-refractivity contribution in [3.63, 3.8) is 0 Å². The summed E-state index contributed by atoms with van der Waals surface area (Å²) in [6.45, 7) is 5.20. The Morgan fingerprint density at radius 3 is 2.76 bits per heavy atom. The Labute approximate surface area is 170 Å². The fourth-order valence-corrected chi connectivity index (χ4v) is 4.56. The number of halogens is 2. The molecule has 0 bridgehead atoms. The average Bonchev–Trinajstić information content (AvgIpc) is 3.09. The van der Waals surface area contributed by atoms with E-state index in [2.05, 4.69) is 10.4 Å². The van der Waals surface area contributed by atoms with Crippen molar-refractivity contribution in [2.24, 2.45) is 5.92 Å². The van der Waals surface area contributed by atoms with Gasteiger partial charge in [0.15, 0.2) is 0 Å². The highest BCUT2D eigenvalue weighted by atomic mass is 19.3. The molecule has 0 unspecified atom stereocenters. The molecule has 1 aromatic carbocycles. The lowest BCUT2D eigenvalue weighted by molar-refractivity contribution is -0.132. The van der Waals surface area contributed by atoms with Gasteiger partial charge in [-0.1, -0.05) is 29.8 Å². The van der Waals surface area contributed by atoms with Gasteiger partial charge in [0.1, 0.15) is 11.9 Å². The smallest absolute Gasteiger partial charge is 0.260 e. The van der Waals surface area contributed by atoms with E-state index in [1.54, 1.807) is 0 Å². The second-order valence-electron chi connectivity index (χ2n) is 8.41. The Hall–Kier alpha value is -2.44. The number of carbonyl (C=O) groups excluding carboxylic acids is 1. The van der Waals surface area contributed by atoms with Crippen molar-refractivity contribution in [2.45, 2.75) is 58.0 Å². The Morgan fingerprint density at radius 1 is 1.28 bits per heavy atom. The van der Waals surface area contributed by atoms with Crippen LogP contribution >= 0.6 is 0 Å². The van der Waals surface area contributed by atoms with Crippen molar-refractivity contribution in [3.05, 3.63) is 47.2 Å². The van der Waals surface area contributed by atoms with Crippen LogP contribution in [0.15, 0.2) is 30.3 Å². The minimum atomic E-state index is -2.46. The van der Waals surface area contributed by atoms with Gasteiger partial charge in [-0.2, -0.15) is 5.10 Å². The molecule has 1 amide bonds. The zero-order valence-electron chi connectivity index (χ0n) is 16.9. The Balaban J connectivity index is 1.44. The van der Waals surface area contributed by atoms with Crippen molar-refractivity contribution < 1.29 is 13.6 Å². The number of aromatic nitrogens is 2. The normalized spacial score (nSPS) is 24.3. The molecule has 3 atom stereocenters. The van der Waals surface area contributed by atoms with Gasteiger partial charge in [-0.05, 0) is 44.6 Å². The molecule has 0 aliphatic carbocycles. The highest BCUT2D eigenvalue weighted by Crippen LogP contribution is 2.36. The SMILES string of the molecule is Cc1ccc(CC(=O)N2CCC[C@@H]([C@@H]3C[C@H](C(F)F)n4nc(C)cc4N3)C2)cc1. The molecule has 29 heavy (non-hydrogen) atoms. The first-order chi connectivity index (χ1) is 13.9. The highest BCUT2D eigenvalue weighted by molar-refractivity contribution is 5.78. The van der Waals surface area contributed by atoms with Crippen LogP contribution in [0.2, 0.25) is 0 Å². The minimum absolute atomic E-state index is 0.0763. The number of nitrogens with zero attached hydrogens (tertiary/aromatic N) is 3. The molecule has 1 aromatic heterocycles. The van der Waals surface area contributed by atoms with Gasteiger partial charge in [0.25, 0.3) is 6.43 Å². The van der Waals surface area contributed by atoms with Gasteiger partial charge in [0.2, 0.25) is 5.91 Å². The Kier molecular flexibility index (Phi) is 5.56. The molecular formula is C22H28F2N4O. The molecule has 1 fully saturated rings. The largest absolute Gasteiger partial charge is 0.367 e. The zero-order valence-corrected chi connectivity index (χ0v) is 16.9. The van der Waals surface area contributed by atoms with Crippen LogP contribution in [0.4, 0.5) is 14.6 Å². The Morgan fingerprint density at radius 2 is 2.03 bits per heavy atom. The number of rotatable bonds is 4. The molecule has 0 saturated carbocycles. The molecule has 1 saturated heterocycles. The van der Waals surface area contributed by atoms with Crippen LogP contribution in [0.1, 0.15) is 42.1 Å². The van der Waals surface area contributed by atoms with Crippen molar-refractivity contribution in [3.8, 4) is 0 Å². The molecule has 2 aliphatic heterocycles. The van der Waals surface area contributed by atoms with E-state index in [1.165, 1.54) is 10.2 Å². The summed E-state index contributed by atoms with van der Waals surface area (Å²) in [4.78, 5) is 14.7. The summed E-state index contributed by atoms with van der Waals surface area (Å²) < 4.78 is 28.8. The van der Waals surface area contributed by atoms with Crippen LogP contribution in [0.5, 0.6) is 0 Å². The molecule has 3 heterocycles. The summed E-state index contributed by atoms with van der Waals surface area (Å²) in [5, 5.41) is 7.66. The third-order valence-corrected chi connectivity index (χ3v) is 6.15. The van der Waals surface area contributed by atoms with Gasteiger partial charge >= 0.3 is 0 Å². The third kappa shape index (κ3) is 4.28. The maximum atomic E-state index is 13.7. The molecule has 0 spiro atoms. The summed E-state index contributed by atoms with van der Waals surface area (Å²) >= 11 is 0. The minimum Gasteiger partial charge on any atom is -0.367 e. The lowest BCUT2D eigenvalue weighted by Gasteiger charge is -2.41. The predicted molar refractivity (Wildman–Crippen MR) is 108 cm³/mol. The fraction of sp³-hybridized carbons (Fsp3) is 0.545. The summed E-state index contributed by atoms with van der Waals surface area (Å²) in [5.41, 5.74) is 2.92. The quantitative estimate of drug-likeness (QED) is 0.842. The lowest BCUT2D eigenvalue weighted by atomic mass is 9.85. The number of hydrogen-bond donors (Lipinski definition) is 1. The van der Waals surface area contributed by atoms with Gasteiger partial charge in [0.05, 0.1) is 12.1 Å². The van der Waals surface area contributed by atoms with E-state index >= 15 is 0 Å². The average molecular weight is 402 g/mol. The number of hydrogen-bond acceptors (Lipinski definition) is 3. The third-order valence-electron chi connectivity index (χ3n) is 6.15. The van der Waals surface area contributed by atoms with E-state index in [0.717, 1.165) is 30.6 Å². The number of alkyl halides is 2. The summed E-state index contributed by atoms with van der Waals surface area (Å²) in [6.07, 6.45) is 0.100. The summed E-state index contributed by atoms with van der Waals surface area (Å²) in [5.74, 6) is 0.934. The molecule has 5 nitrogen and oxygen atoms in total. The number of carbonyl (C=O) groups is 1. The number of likely N-dealkylation sites (tertiary alicyclic amines) is 1. The summed E-state index contributed by atoms with van der Waals surface area (Å²) in [6, 6.07) is 8.86. The number of anilines is 1. The molecule has 7 heteroatoms. The van der Waals surface area contributed by atoms with E-state index in [0.29, 0.717) is 25.2 Å². The second kappa shape index (κ2) is 8.13. The van der Waals surface area contributed by atoms with Crippen molar-refractivity contribution in [1.82, 2.24) is 14.7 Å². The maximum absolute atomic E-state index is 13.7. The first-order valence-electron chi connectivity index (χ1n) is 10.3. The monoisotopic (exact) mass is 402 g/mol. The van der Waals surface area contributed by atoms with E-state index in [4.69, 9.17) is 0 Å². The van der Waals surface area contributed by atoms with Gasteiger partial charge in [-0.25, -0.2) is 13.5 Å². The zero-order chi connectivity index (χ0) is 20.5. The molecule has 0 radical (unpaired) electrons. The molecule has 2 aliphatic rings. The molecule has 1 N–H and O–H groups in total. The summed E-state index contributed by atoms with van der Waals surface area (Å²) in [7, 11) is 0. The topological polar surface area (TPSA) is 50.2 Å². The number of amides is 1. The second-order valence-corrected chi connectivity index (χ2v) is 8.41. The highest BCUT2D eigenvalue weighted by Gasteiger charge is 2.38. The van der Waals surface area contributed by atoms with Crippen molar-refractivity contribution >= 4 is 11.7 Å². The Bertz CT molecular complexity index is 864. The van der Waals surface area contributed by atoms with Gasteiger partial charge in [-0.3, -0.25) is 4.79 Å². The van der Waals surface area contributed by atoms with Gasteiger partial charge < -0.3 is 10.2 Å². The predicted octanol–water partition coefficient (Wildman–Crippen LogP) is 3.97.